The molecular weight excluding hydrogens is 202 g/mol. The number of benzene rings is 1. The highest BCUT2D eigenvalue weighted by molar-refractivity contribution is 5.77. The van der Waals surface area contributed by atoms with Crippen LogP contribution in [0.1, 0.15) is 31.4 Å². The summed E-state index contributed by atoms with van der Waals surface area (Å²) in [6.07, 6.45) is 1.98. The Morgan fingerprint density at radius 1 is 1.38 bits per heavy atom. The highest BCUT2D eigenvalue weighted by Crippen LogP contribution is 2.17. The molecule has 0 aliphatic rings. The number of hydrogen-bond acceptors (Lipinski definition) is 2. The molecule has 0 radical (unpaired) electrons. The lowest BCUT2D eigenvalue weighted by atomic mass is 10.0. The minimum Gasteiger partial charge on any atom is -0.375 e. The molecule has 1 unspecified atom stereocenters. The molecular formula is C13H19NO2. The van der Waals surface area contributed by atoms with Crippen LogP contribution in [0.4, 0.5) is 0 Å². The summed E-state index contributed by atoms with van der Waals surface area (Å²) in [6, 6.07) is 10.1. The zero-order valence-corrected chi connectivity index (χ0v) is 9.90. The van der Waals surface area contributed by atoms with Crippen LogP contribution in [0.3, 0.4) is 0 Å². The lowest BCUT2D eigenvalue weighted by Crippen LogP contribution is -2.31. The van der Waals surface area contributed by atoms with Crippen molar-refractivity contribution >= 4 is 5.91 Å². The van der Waals surface area contributed by atoms with E-state index in [9.17, 15) is 4.79 Å². The number of carbonyl (C=O) groups is 1. The van der Waals surface area contributed by atoms with E-state index in [-0.39, 0.29) is 18.6 Å². The SMILES string of the molecule is CCCC(NC(=O)COC)c1ccccc1. The first-order valence-corrected chi connectivity index (χ1v) is 5.61. The van der Waals surface area contributed by atoms with Crippen LogP contribution < -0.4 is 5.32 Å². The first-order chi connectivity index (χ1) is 7.77. The van der Waals surface area contributed by atoms with Gasteiger partial charge < -0.3 is 10.1 Å². The van der Waals surface area contributed by atoms with Gasteiger partial charge in [0.15, 0.2) is 0 Å². The third-order valence-corrected chi connectivity index (χ3v) is 2.39. The molecule has 0 heterocycles. The third-order valence-electron chi connectivity index (χ3n) is 2.39. The maximum absolute atomic E-state index is 11.5. The normalized spacial score (nSPS) is 12.1. The second-order valence-electron chi connectivity index (χ2n) is 3.75. The summed E-state index contributed by atoms with van der Waals surface area (Å²) < 4.78 is 4.81. The number of amides is 1. The van der Waals surface area contributed by atoms with Gasteiger partial charge in [0.25, 0.3) is 0 Å². The lowest BCUT2D eigenvalue weighted by Gasteiger charge is -2.18. The van der Waals surface area contributed by atoms with Gasteiger partial charge in [0.2, 0.25) is 5.91 Å². The van der Waals surface area contributed by atoms with Crippen molar-refractivity contribution in [3.8, 4) is 0 Å². The van der Waals surface area contributed by atoms with E-state index in [1.807, 2.05) is 30.3 Å². The Morgan fingerprint density at radius 3 is 2.62 bits per heavy atom. The number of methoxy groups -OCH3 is 1. The monoisotopic (exact) mass is 221 g/mol. The molecule has 16 heavy (non-hydrogen) atoms. The zero-order valence-electron chi connectivity index (χ0n) is 9.90. The molecule has 3 nitrogen and oxygen atoms in total. The van der Waals surface area contributed by atoms with E-state index >= 15 is 0 Å². The average Bonchev–Trinajstić information content (AvgIpc) is 2.30. The summed E-state index contributed by atoms with van der Waals surface area (Å²) in [4.78, 5) is 11.5. The van der Waals surface area contributed by atoms with Crippen molar-refractivity contribution in [2.75, 3.05) is 13.7 Å². The number of carbonyl (C=O) groups excluding carboxylic acids is 1. The van der Waals surface area contributed by atoms with E-state index in [1.165, 1.54) is 7.11 Å². The number of nitrogens with one attached hydrogen (secondary N) is 1. The van der Waals surface area contributed by atoms with Crippen molar-refractivity contribution in [3.05, 3.63) is 35.9 Å². The molecule has 0 saturated carbocycles. The molecule has 1 aromatic rings. The largest absolute Gasteiger partial charge is 0.375 e. The molecule has 1 atom stereocenters. The molecule has 1 N–H and O–H groups in total. The Hall–Kier alpha value is -1.35. The van der Waals surface area contributed by atoms with Crippen LogP contribution in [-0.2, 0) is 9.53 Å². The van der Waals surface area contributed by atoms with Crippen LogP contribution in [0, 0.1) is 0 Å². The Kier molecular flexibility index (Phi) is 5.57. The van der Waals surface area contributed by atoms with Crippen LogP contribution >= 0.6 is 0 Å². The van der Waals surface area contributed by atoms with Crippen LogP contribution in [0.25, 0.3) is 0 Å². The van der Waals surface area contributed by atoms with Crippen molar-refractivity contribution in [2.45, 2.75) is 25.8 Å². The van der Waals surface area contributed by atoms with Gasteiger partial charge in [-0.3, -0.25) is 4.79 Å². The van der Waals surface area contributed by atoms with Gasteiger partial charge in [0.1, 0.15) is 6.61 Å². The summed E-state index contributed by atoms with van der Waals surface area (Å²) in [5.41, 5.74) is 1.15. The molecule has 1 rings (SSSR count). The fourth-order valence-electron chi connectivity index (χ4n) is 1.66. The Bertz CT molecular complexity index is 311. The van der Waals surface area contributed by atoms with Gasteiger partial charge in [0.05, 0.1) is 6.04 Å². The topological polar surface area (TPSA) is 38.3 Å². The summed E-state index contributed by atoms with van der Waals surface area (Å²) in [6.45, 7) is 2.23. The molecule has 1 aromatic carbocycles. The number of rotatable bonds is 6. The molecule has 1 amide bonds. The van der Waals surface area contributed by atoms with E-state index in [0.29, 0.717) is 0 Å². The van der Waals surface area contributed by atoms with E-state index in [1.54, 1.807) is 0 Å². The summed E-state index contributed by atoms with van der Waals surface area (Å²) in [7, 11) is 1.52. The molecule has 0 spiro atoms. The predicted octanol–water partition coefficient (Wildman–Crippen LogP) is 2.29. The molecule has 0 saturated heterocycles. The molecule has 0 aromatic heterocycles. The van der Waals surface area contributed by atoms with Crippen LogP contribution in [0.2, 0.25) is 0 Å². The van der Waals surface area contributed by atoms with Gasteiger partial charge >= 0.3 is 0 Å². The molecule has 0 fully saturated rings. The standard InChI is InChI=1S/C13H19NO2/c1-3-7-12(14-13(15)10-16-2)11-8-5-4-6-9-11/h4-6,8-9,12H,3,7,10H2,1-2H3,(H,14,15). The van der Waals surface area contributed by atoms with Crippen molar-refractivity contribution in [1.82, 2.24) is 5.32 Å². The van der Waals surface area contributed by atoms with Gasteiger partial charge in [-0.1, -0.05) is 43.7 Å². The van der Waals surface area contributed by atoms with Crippen molar-refractivity contribution < 1.29 is 9.53 Å². The zero-order chi connectivity index (χ0) is 11.8. The second kappa shape index (κ2) is 7.01. The third kappa shape index (κ3) is 4.03. The smallest absolute Gasteiger partial charge is 0.246 e. The molecule has 0 aliphatic carbocycles. The second-order valence-corrected chi connectivity index (χ2v) is 3.75. The minimum absolute atomic E-state index is 0.0650. The summed E-state index contributed by atoms with van der Waals surface area (Å²) in [5.74, 6) is -0.0650. The Labute approximate surface area is 96.8 Å². The van der Waals surface area contributed by atoms with Gasteiger partial charge in [0, 0.05) is 7.11 Å². The quantitative estimate of drug-likeness (QED) is 0.800. The Morgan fingerprint density at radius 2 is 2.06 bits per heavy atom. The summed E-state index contributed by atoms with van der Waals surface area (Å²) >= 11 is 0. The fourth-order valence-corrected chi connectivity index (χ4v) is 1.66. The highest BCUT2D eigenvalue weighted by Gasteiger charge is 2.12. The van der Waals surface area contributed by atoms with E-state index < -0.39 is 0 Å². The van der Waals surface area contributed by atoms with E-state index in [0.717, 1.165) is 18.4 Å². The first kappa shape index (κ1) is 12.7. The van der Waals surface area contributed by atoms with Gasteiger partial charge in [-0.15, -0.1) is 0 Å². The first-order valence-electron chi connectivity index (χ1n) is 5.61. The minimum atomic E-state index is -0.0650. The van der Waals surface area contributed by atoms with E-state index in [4.69, 9.17) is 4.74 Å². The molecule has 0 bridgehead atoms. The molecule has 88 valence electrons. The maximum atomic E-state index is 11.5. The van der Waals surface area contributed by atoms with Gasteiger partial charge in [-0.25, -0.2) is 0 Å². The van der Waals surface area contributed by atoms with Crippen LogP contribution in [-0.4, -0.2) is 19.6 Å². The average molecular weight is 221 g/mol. The predicted molar refractivity (Wildman–Crippen MR) is 64.1 cm³/mol. The van der Waals surface area contributed by atoms with Gasteiger partial charge in [-0.05, 0) is 12.0 Å². The fraction of sp³-hybridized carbons (Fsp3) is 0.462. The Balaban J connectivity index is 2.64. The summed E-state index contributed by atoms with van der Waals surface area (Å²) in [5, 5.41) is 2.97. The number of hydrogen-bond donors (Lipinski definition) is 1. The maximum Gasteiger partial charge on any atom is 0.246 e. The van der Waals surface area contributed by atoms with Crippen molar-refractivity contribution in [3.63, 3.8) is 0 Å². The van der Waals surface area contributed by atoms with Crippen molar-refractivity contribution in [1.29, 1.82) is 0 Å². The highest BCUT2D eigenvalue weighted by atomic mass is 16.5. The van der Waals surface area contributed by atoms with Gasteiger partial charge in [-0.2, -0.15) is 0 Å². The van der Waals surface area contributed by atoms with Crippen LogP contribution in [0.5, 0.6) is 0 Å². The van der Waals surface area contributed by atoms with E-state index in [2.05, 4.69) is 12.2 Å². The molecule has 0 aliphatic heterocycles. The van der Waals surface area contributed by atoms with Crippen molar-refractivity contribution in [2.24, 2.45) is 0 Å². The number of ether oxygens (including phenoxy) is 1. The van der Waals surface area contributed by atoms with Crippen LogP contribution in [0.15, 0.2) is 30.3 Å². The molecule has 3 heteroatoms. The lowest BCUT2D eigenvalue weighted by molar-refractivity contribution is -0.125.